The second-order valence-corrected chi connectivity index (χ2v) is 7.54. The molecular formula is C15H17N3O2S2. The molecule has 2 aromatic heterocycles. The topological polar surface area (TPSA) is 72.0 Å². The van der Waals surface area contributed by atoms with Crippen molar-refractivity contribution in [3.8, 4) is 0 Å². The zero-order valence-corrected chi connectivity index (χ0v) is 14.1. The monoisotopic (exact) mass is 335 g/mol. The fourth-order valence-corrected chi connectivity index (χ4v) is 4.47. The zero-order valence-electron chi connectivity index (χ0n) is 12.5. The van der Waals surface area contributed by atoms with Gasteiger partial charge in [0.15, 0.2) is 10.9 Å². The Labute approximate surface area is 136 Å². The normalized spacial score (nSPS) is 15.2. The van der Waals surface area contributed by atoms with Gasteiger partial charge < -0.3 is 0 Å². The van der Waals surface area contributed by atoms with E-state index in [-0.39, 0.29) is 11.7 Å². The van der Waals surface area contributed by atoms with Crippen LogP contribution in [0.2, 0.25) is 0 Å². The summed E-state index contributed by atoms with van der Waals surface area (Å²) in [7, 11) is 0. The third-order valence-electron chi connectivity index (χ3n) is 3.89. The smallest absolute Gasteiger partial charge is 0.269 e. The van der Waals surface area contributed by atoms with Crippen LogP contribution >= 0.6 is 22.7 Å². The summed E-state index contributed by atoms with van der Waals surface area (Å²) in [6, 6.07) is 0. The van der Waals surface area contributed by atoms with Gasteiger partial charge in [-0.05, 0) is 19.8 Å². The van der Waals surface area contributed by atoms with E-state index in [4.69, 9.17) is 0 Å². The molecule has 3 rings (SSSR count). The molecule has 2 heterocycles. The van der Waals surface area contributed by atoms with E-state index in [2.05, 4.69) is 15.3 Å². The summed E-state index contributed by atoms with van der Waals surface area (Å²) in [5.41, 5.74) is 3.08. The van der Waals surface area contributed by atoms with Crippen molar-refractivity contribution in [2.75, 3.05) is 5.32 Å². The molecule has 5 nitrogen and oxygen atoms in total. The zero-order chi connectivity index (χ0) is 15.7. The number of hydrogen-bond donors (Lipinski definition) is 1. The van der Waals surface area contributed by atoms with Gasteiger partial charge in [-0.1, -0.05) is 12.8 Å². The molecule has 0 radical (unpaired) electrons. The summed E-state index contributed by atoms with van der Waals surface area (Å²) in [5, 5.41) is 3.28. The highest BCUT2D eigenvalue weighted by molar-refractivity contribution is 7.16. The van der Waals surface area contributed by atoms with E-state index in [1.54, 1.807) is 5.51 Å². The van der Waals surface area contributed by atoms with Crippen LogP contribution in [-0.4, -0.2) is 21.7 Å². The van der Waals surface area contributed by atoms with Crippen LogP contribution in [0.5, 0.6) is 0 Å². The highest BCUT2D eigenvalue weighted by atomic mass is 32.1. The van der Waals surface area contributed by atoms with Gasteiger partial charge in [0.05, 0.1) is 11.2 Å². The van der Waals surface area contributed by atoms with Crippen LogP contribution in [0, 0.1) is 6.92 Å². The molecule has 116 valence electrons. The van der Waals surface area contributed by atoms with E-state index in [0.29, 0.717) is 21.6 Å². The number of rotatable bonds is 4. The Morgan fingerprint density at radius 3 is 2.68 bits per heavy atom. The van der Waals surface area contributed by atoms with Gasteiger partial charge in [-0.2, -0.15) is 0 Å². The van der Waals surface area contributed by atoms with Gasteiger partial charge >= 0.3 is 0 Å². The standard InChI is InChI=1S/C15H17N3O2S2/c1-8(19)11-9(2)22-15(17-11)18-14(20)13-12(16-7-21-13)10-5-3-4-6-10/h7,10H,3-6H2,1-2H3,(H,17,18,20). The molecule has 1 N–H and O–H groups in total. The molecule has 1 aliphatic rings. The highest BCUT2D eigenvalue weighted by Gasteiger charge is 2.26. The van der Waals surface area contributed by atoms with Gasteiger partial charge in [0.2, 0.25) is 0 Å². The van der Waals surface area contributed by atoms with E-state index in [1.807, 2.05) is 6.92 Å². The van der Waals surface area contributed by atoms with Crippen molar-refractivity contribution >= 4 is 39.5 Å². The average molecular weight is 335 g/mol. The third kappa shape index (κ3) is 2.96. The Hall–Kier alpha value is -1.60. The number of hydrogen-bond acceptors (Lipinski definition) is 6. The van der Waals surface area contributed by atoms with Crippen molar-refractivity contribution < 1.29 is 9.59 Å². The highest BCUT2D eigenvalue weighted by Crippen LogP contribution is 2.36. The van der Waals surface area contributed by atoms with Crippen molar-refractivity contribution in [3.05, 3.63) is 26.7 Å². The lowest BCUT2D eigenvalue weighted by atomic mass is 10.0. The number of ketones is 1. The number of amides is 1. The minimum absolute atomic E-state index is 0.0846. The fourth-order valence-electron chi connectivity index (χ4n) is 2.85. The molecule has 0 unspecified atom stereocenters. The Bertz CT molecular complexity index is 714. The van der Waals surface area contributed by atoms with Crippen molar-refractivity contribution in [2.24, 2.45) is 0 Å². The summed E-state index contributed by atoms with van der Waals surface area (Å²) >= 11 is 2.69. The van der Waals surface area contributed by atoms with E-state index in [0.717, 1.165) is 23.4 Å². The van der Waals surface area contributed by atoms with Crippen molar-refractivity contribution in [1.82, 2.24) is 9.97 Å². The number of thiazole rings is 2. The Kier molecular flexibility index (Phi) is 4.35. The molecule has 0 aromatic carbocycles. The van der Waals surface area contributed by atoms with Gasteiger partial charge in [0, 0.05) is 17.7 Å². The number of nitrogens with zero attached hydrogens (tertiary/aromatic N) is 2. The first-order valence-electron chi connectivity index (χ1n) is 7.29. The van der Waals surface area contributed by atoms with Crippen LogP contribution in [0.3, 0.4) is 0 Å². The molecule has 0 saturated heterocycles. The molecule has 0 aliphatic heterocycles. The molecule has 22 heavy (non-hydrogen) atoms. The number of aromatic nitrogens is 2. The molecule has 1 amide bonds. The molecule has 7 heteroatoms. The maximum Gasteiger partial charge on any atom is 0.269 e. The number of Topliss-reactive ketones (excluding diaryl/α,β-unsaturated/α-hetero) is 1. The van der Waals surface area contributed by atoms with Crippen LogP contribution in [0.1, 0.15) is 69.3 Å². The van der Waals surface area contributed by atoms with Gasteiger partial charge in [0.25, 0.3) is 5.91 Å². The lowest BCUT2D eigenvalue weighted by Gasteiger charge is -2.08. The molecule has 0 bridgehead atoms. The van der Waals surface area contributed by atoms with Gasteiger partial charge in [-0.15, -0.1) is 22.7 Å². The van der Waals surface area contributed by atoms with Crippen LogP contribution in [0.15, 0.2) is 5.51 Å². The minimum atomic E-state index is -0.173. The van der Waals surface area contributed by atoms with E-state index in [1.165, 1.54) is 42.4 Å². The van der Waals surface area contributed by atoms with E-state index < -0.39 is 0 Å². The summed E-state index contributed by atoms with van der Waals surface area (Å²) in [6.07, 6.45) is 4.62. The van der Waals surface area contributed by atoms with Crippen molar-refractivity contribution in [1.29, 1.82) is 0 Å². The summed E-state index contributed by atoms with van der Waals surface area (Å²) < 4.78 is 0. The molecule has 0 atom stereocenters. The summed E-state index contributed by atoms with van der Waals surface area (Å²) in [6.45, 7) is 3.32. The van der Waals surface area contributed by atoms with Gasteiger partial charge in [-0.25, -0.2) is 9.97 Å². The second-order valence-electron chi connectivity index (χ2n) is 5.48. The number of carbonyl (C=O) groups excluding carboxylic acids is 2. The molecule has 1 aliphatic carbocycles. The summed E-state index contributed by atoms with van der Waals surface area (Å²) in [4.78, 5) is 34.0. The first-order chi connectivity index (χ1) is 10.6. The lowest BCUT2D eigenvalue weighted by Crippen LogP contribution is -2.13. The van der Waals surface area contributed by atoms with Crippen LogP contribution < -0.4 is 5.32 Å². The number of carbonyl (C=O) groups is 2. The van der Waals surface area contributed by atoms with Crippen LogP contribution in [0.25, 0.3) is 0 Å². The van der Waals surface area contributed by atoms with Crippen molar-refractivity contribution in [2.45, 2.75) is 45.4 Å². The first-order valence-corrected chi connectivity index (χ1v) is 8.99. The number of aryl methyl sites for hydroxylation is 1. The minimum Gasteiger partial charge on any atom is -0.297 e. The van der Waals surface area contributed by atoms with Crippen LogP contribution in [-0.2, 0) is 0 Å². The first kappa shape index (κ1) is 15.3. The van der Waals surface area contributed by atoms with Gasteiger partial charge in [0.1, 0.15) is 10.6 Å². The quantitative estimate of drug-likeness (QED) is 0.857. The van der Waals surface area contributed by atoms with Crippen LogP contribution in [0.4, 0.5) is 5.13 Å². The average Bonchev–Trinajstić information content (AvgIpc) is 3.17. The molecule has 1 fully saturated rings. The van der Waals surface area contributed by atoms with Gasteiger partial charge in [-0.3, -0.25) is 14.9 Å². The predicted octanol–water partition coefficient (Wildman–Crippen LogP) is 4.02. The molecule has 2 aromatic rings. The predicted molar refractivity (Wildman–Crippen MR) is 88.1 cm³/mol. The second kappa shape index (κ2) is 6.26. The Morgan fingerprint density at radius 2 is 2.05 bits per heavy atom. The molecular weight excluding hydrogens is 318 g/mol. The third-order valence-corrected chi connectivity index (χ3v) is 5.62. The van der Waals surface area contributed by atoms with E-state index >= 15 is 0 Å². The Balaban J connectivity index is 1.79. The number of nitrogens with one attached hydrogen (secondary N) is 1. The SMILES string of the molecule is CC(=O)c1nc(NC(=O)c2scnc2C2CCCC2)sc1C. The summed E-state index contributed by atoms with van der Waals surface area (Å²) in [5.74, 6) is 0.143. The maximum atomic E-state index is 12.5. The molecule has 1 saturated carbocycles. The fraction of sp³-hybridized carbons (Fsp3) is 0.467. The Morgan fingerprint density at radius 1 is 1.32 bits per heavy atom. The van der Waals surface area contributed by atoms with E-state index in [9.17, 15) is 9.59 Å². The number of anilines is 1. The molecule has 0 spiro atoms. The largest absolute Gasteiger partial charge is 0.297 e. The lowest BCUT2D eigenvalue weighted by molar-refractivity contribution is 0.100. The maximum absolute atomic E-state index is 12.5. The van der Waals surface area contributed by atoms with Crippen molar-refractivity contribution in [3.63, 3.8) is 0 Å².